The Morgan fingerprint density at radius 2 is 1.19 bits per heavy atom. The summed E-state index contributed by atoms with van der Waals surface area (Å²) < 4.78 is 0. The smallest absolute Gasteiger partial charge is 0.0431 e. The van der Waals surface area contributed by atoms with E-state index < -0.39 is 0 Å². The summed E-state index contributed by atoms with van der Waals surface area (Å²) >= 11 is 13.8. The molecule has 0 saturated carbocycles. The zero-order valence-electron chi connectivity index (χ0n) is 13.2. The molecule has 1 aromatic carbocycles. The van der Waals surface area contributed by atoms with Crippen molar-refractivity contribution in [3.8, 4) is 0 Å². The van der Waals surface area contributed by atoms with E-state index in [9.17, 15) is 0 Å². The monoisotopic (exact) mass is 346 g/mol. The second kappa shape index (κ2) is 12.7. The van der Waals surface area contributed by atoms with Crippen LogP contribution in [0.4, 0.5) is 0 Å². The molecule has 120 valence electrons. The zero-order chi connectivity index (χ0) is 15.3. The predicted molar refractivity (Wildman–Crippen MR) is 99.0 cm³/mol. The highest BCUT2D eigenvalue weighted by Gasteiger charge is 1.99. The van der Waals surface area contributed by atoms with E-state index >= 15 is 0 Å². The first-order chi connectivity index (χ1) is 10.2. The van der Waals surface area contributed by atoms with E-state index in [0.717, 1.165) is 15.8 Å². The second-order valence-corrected chi connectivity index (χ2v) is 7.68. The number of thioether (sulfide) groups is 1. The van der Waals surface area contributed by atoms with Gasteiger partial charge in [-0.3, -0.25) is 0 Å². The molecule has 21 heavy (non-hydrogen) atoms. The molecule has 1 aromatic rings. The van der Waals surface area contributed by atoms with Gasteiger partial charge in [-0.05, 0) is 30.4 Å². The summed E-state index contributed by atoms with van der Waals surface area (Å²) in [6.07, 6.45) is 13.9. The highest BCUT2D eigenvalue weighted by Crippen LogP contribution is 2.27. The van der Waals surface area contributed by atoms with Crippen LogP contribution in [0.1, 0.15) is 71.1 Å². The summed E-state index contributed by atoms with van der Waals surface area (Å²) in [4.78, 5) is 1.18. The zero-order valence-corrected chi connectivity index (χ0v) is 15.5. The van der Waals surface area contributed by atoms with Crippen LogP contribution in [-0.2, 0) is 0 Å². The Morgan fingerprint density at radius 1 is 0.714 bits per heavy atom. The molecule has 0 aliphatic carbocycles. The van der Waals surface area contributed by atoms with Gasteiger partial charge in [-0.25, -0.2) is 0 Å². The van der Waals surface area contributed by atoms with Crippen molar-refractivity contribution < 1.29 is 0 Å². The van der Waals surface area contributed by atoms with Crippen molar-refractivity contribution in [1.82, 2.24) is 0 Å². The molecule has 0 aromatic heterocycles. The number of unbranched alkanes of at least 4 members (excludes halogenated alkanes) is 9. The lowest BCUT2D eigenvalue weighted by atomic mass is 10.1. The summed E-state index contributed by atoms with van der Waals surface area (Å²) in [6.45, 7) is 2.27. The van der Waals surface area contributed by atoms with Crippen LogP contribution in [0.15, 0.2) is 23.1 Å². The summed E-state index contributed by atoms with van der Waals surface area (Å²) in [6, 6.07) is 5.77. The minimum absolute atomic E-state index is 0.730. The van der Waals surface area contributed by atoms with Gasteiger partial charge >= 0.3 is 0 Å². The van der Waals surface area contributed by atoms with E-state index in [1.807, 2.05) is 23.9 Å². The Morgan fingerprint density at radius 3 is 1.71 bits per heavy atom. The second-order valence-electron chi connectivity index (χ2n) is 5.64. The van der Waals surface area contributed by atoms with Crippen LogP contribution in [0.25, 0.3) is 0 Å². The van der Waals surface area contributed by atoms with Crippen LogP contribution in [0.3, 0.4) is 0 Å². The maximum Gasteiger partial charge on any atom is 0.0431 e. The van der Waals surface area contributed by atoms with Gasteiger partial charge in [0.05, 0.1) is 0 Å². The quantitative estimate of drug-likeness (QED) is 0.272. The molecule has 3 heteroatoms. The summed E-state index contributed by atoms with van der Waals surface area (Å²) in [5, 5.41) is 1.46. The third kappa shape index (κ3) is 10.5. The van der Waals surface area contributed by atoms with Gasteiger partial charge in [-0.2, -0.15) is 0 Å². The van der Waals surface area contributed by atoms with Gasteiger partial charge in [0.15, 0.2) is 0 Å². The number of halogens is 2. The van der Waals surface area contributed by atoms with Gasteiger partial charge in [0.1, 0.15) is 0 Å². The summed E-state index contributed by atoms with van der Waals surface area (Å²) in [5.74, 6) is 1.16. The van der Waals surface area contributed by atoms with E-state index in [1.165, 1.54) is 69.1 Å². The summed E-state index contributed by atoms with van der Waals surface area (Å²) in [5.41, 5.74) is 0. The molecule has 0 saturated heterocycles. The molecule has 0 amide bonds. The summed E-state index contributed by atoms with van der Waals surface area (Å²) in [7, 11) is 0. The van der Waals surface area contributed by atoms with E-state index in [4.69, 9.17) is 23.2 Å². The molecule has 0 nitrogen and oxygen atoms in total. The molecule has 0 heterocycles. The molecule has 1 rings (SSSR count). The molecule has 0 aliphatic rings. The Bertz CT molecular complexity index is 359. The molecule has 0 aliphatic heterocycles. The fraction of sp³-hybridized carbons (Fsp3) is 0.667. The molecule has 0 radical (unpaired) electrons. The molecule has 0 fully saturated rings. The van der Waals surface area contributed by atoms with Crippen LogP contribution in [-0.4, -0.2) is 5.75 Å². The molecule has 0 bridgehead atoms. The van der Waals surface area contributed by atoms with Crippen molar-refractivity contribution in [3.05, 3.63) is 28.2 Å². The number of benzene rings is 1. The fourth-order valence-corrected chi connectivity index (χ4v) is 4.05. The SMILES string of the molecule is CCCCCCCCCCCCSc1cc(Cl)cc(Cl)c1. The Hall–Kier alpha value is 0.150. The number of hydrogen-bond acceptors (Lipinski definition) is 1. The highest BCUT2D eigenvalue weighted by molar-refractivity contribution is 7.99. The average Bonchev–Trinajstić information content (AvgIpc) is 2.44. The van der Waals surface area contributed by atoms with Gasteiger partial charge in [0.25, 0.3) is 0 Å². The first-order valence-corrected chi connectivity index (χ1v) is 10.1. The van der Waals surface area contributed by atoms with Crippen molar-refractivity contribution in [2.45, 2.75) is 76.0 Å². The van der Waals surface area contributed by atoms with Gasteiger partial charge in [-0.15, -0.1) is 11.8 Å². The average molecular weight is 347 g/mol. The van der Waals surface area contributed by atoms with Crippen molar-refractivity contribution in [1.29, 1.82) is 0 Å². The third-order valence-corrected chi connectivity index (χ3v) is 5.10. The van der Waals surface area contributed by atoms with Crippen LogP contribution >= 0.6 is 35.0 Å². The molecule has 0 spiro atoms. The van der Waals surface area contributed by atoms with Gasteiger partial charge in [-0.1, -0.05) is 87.9 Å². The number of hydrogen-bond donors (Lipinski definition) is 0. The lowest BCUT2D eigenvalue weighted by Crippen LogP contribution is -1.84. The molecule has 0 unspecified atom stereocenters. The normalized spacial score (nSPS) is 11.0. The topological polar surface area (TPSA) is 0 Å². The predicted octanol–water partition coefficient (Wildman–Crippen LogP) is 8.01. The van der Waals surface area contributed by atoms with E-state index in [-0.39, 0.29) is 0 Å². The molecule has 0 atom stereocenters. The maximum absolute atomic E-state index is 6.00. The van der Waals surface area contributed by atoms with Crippen molar-refractivity contribution in [2.24, 2.45) is 0 Å². The highest BCUT2D eigenvalue weighted by atomic mass is 35.5. The minimum atomic E-state index is 0.730. The molecule has 0 N–H and O–H groups in total. The third-order valence-electron chi connectivity index (χ3n) is 3.60. The first-order valence-electron chi connectivity index (χ1n) is 8.31. The maximum atomic E-state index is 6.00. The lowest BCUT2D eigenvalue weighted by molar-refractivity contribution is 0.563. The molecular weight excluding hydrogens is 319 g/mol. The lowest BCUT2D eigenvalue weighted by Gasteiger charge is -2.04. The standard InChI is InChI=1S/C18H28Cl2S/c1-2-3-4-5-6-7-8-9-10-11-12-21-18-14-16(19)13-17(20)15-18/h13-15H,2-12H2,1H3. The van der Waals surface area contributed by atoms with Crippen molar-refractivity contribution in [3.63, 3.8) is 0 Å². The van der Waals surface area contributed by atoms with Crippen molar-refractivity contribution >= 4 is 35.0 Å². The van der Waals surface area contributed by atoms with Crippen LogP contribution in [0.2, 0.25) is 10.0 Å². The Kier molecular flexibility index (Phi) is 11.6. The Labute approximate surface area is 145 Å². The fourth-order valence-electron chi connectivity index (χ4n) is 2.39. The van der Waals surface area contributed by atoms with Crippen LogP contribution < -0.4 is 0 Å². The molecular formula is C18H28Cl2S. The first kappa shape index (κ1) is 19.2. The van der Waals surface area contributed by atoms with Gasteiger partial charge in [0, 0.05) is 14.9 Å². The van der Waals surface area contributed by atoms with Gasteiger partial charge in [0.2, 0.25) is 0 Å². The minimum Gasteiger partial charge on any atom is -0.126 e. The largest absolute Gasteiger partial charge is 0.126 e. The van der Waals surface area contributed by atoms with E-state index in [2.05, 4.69) is 6.92 Å². The van der Waals surface area contributed by atoms with Crippen LogP contribution in [0, 0.1) is 0 Å². The Balaban J connectivity index is 1.93. The number of rotatable bonds is 12. The van der Waals surface area contributed by atoms with E-state index in [0.29, 0.717) is 0 Å². The van der Waals surface area contributed by atoms with Gasteiger partial charge < -0.3 is 0 Å². The van der Waals surface area contributed by atoms with Crippen LogP contribution in [0.5, 0.6) is 0 Å². The van der Waals surface area contributed by atoms with E-state index in [1.54, 1.807) is 6.07 Å². The van der Waals surface area contributed by atoms with Crippen molar-refractivity contribution in [2.75, 3.05) is 5.75 Å².